The summed E-state index contributed by atoms with van der Waals surface area (Å²) in [5.74, 6) is -0.0930. The molecule has 0 saturated carbocycles. The maximum absolute atomic E-state index is 12.3. The number of ether oxygens (including phenoxy) is 1. The number of amides is 1. The standard InChI is InChI=1S/C13H18N2O3S/c1-13(2,3)18-12(17)15-6-4-5-10(15)11(16)9-7-19-8-14-9/h7-8,10H,4-6H2,1-3H3/t10-/m0/s1. The first-order valence-corrected chi connectivity index (χ1v) is 7.25. The zero-order chi connectivity index (χ0) is 14.0. The fourth-order valence-corrected chi connectivity index (χ4v) is 2.62. The molecular weight excluding hydrogens is 264 g/mol. The van der Waals surface area contributed by atoms with Crippen LogP contribution in [0.1, 0.15) is 44.1 Å². The van der Waals surface area contributed by atoms with Gasteiger partial charge in [0.25, 0.3) is 0 Å². The first kappa shape index (κ1) is 14.0. The van der Waals surface area contributed by atoms with Crippen LogP contribution < -0.4 is 0 Å². The molecule has 0 N–H and O–H groups in total. The lowest BCUT2D eigenvalue weighted by molar-refractivity contribution is 0.0222. The summed E-state index contributed by atoms with van der Waals surface area (Å²) in [6.45, 7) is 6.02. The molecule has 0 spiro atoms. The van der Waals surface area contributed by atoms with Gasteiger partial charge in [-0.05, 0) is 33.6 Å². The highest BCUT2D eigenvalue weighted by Crippen LogP contribution is 2.23. The molecule has 0 aromatic carbocycles. The fraction of sp³-hybridized carbons (Fsp3) is 0.615. The van der Waals surface area contributed by atoms with E-state index in [0.29, 0.717) is 18.7 Å². The maximum atomic E-state index is 12.3. The molecule has 0 radical (unpaired) electrons. The molecule has 104 valence electrons. The lowest BCUT2D eigenvalue weighted by Crippen LogP contribution is -2.43. The van der Waals surface area contributed by atoms with Crippen molar-refractivity contribution in [3.05, 3.63) is 16.6 Å². The minimum Gasteiger partial charge on any atom is -0.444 e. The number of carbonyl (C=O) groups excluding carboxylic acids is 2. The Morgan fingerprint density at radius 2 is 2.21 bits per heavy atom. The summed E-state index contributed by atoms with van der Waals surface area (Å²) >= 11 is 1.38. The van der Waals surface area contributed by atoms with Crippen LogP contribution in [-0.4, -0.2) is 39.9 Å². The Balaban J connectivity index is 2.09. The zero-order valence-corrected chi connectivity index (χ0v) is 12.2. The normalized spacial score (nSPS) is 19.5. The molecule has 1 aromatic rings. The van der Waals surface area contributed by atoms with Crippen LogP contribution in [-0.2, 0) is 4.74 Å². The predicted octanol–water partition coefficient (Wildman–Crippen LogP) is 2.73. The molecule has 1 aliphatic heterocycles. The van der Waals surface area contributed by atoms with Crippen molar-refractivity contribution in [2.45, 2.75) is 45.3 Å². The number of aromatic nitrogens is 1. The van der Waals surface area contributed by atoms with Crippen molar-refractivity contribution in [3.63, 3.8) is 0 Å². The number of hydrogen-bond donors (Lipinski definition) is 0. The van der Waals surface area contributed by atoms with Crippen LogP contribution in [0, 0.1) is 0 Å². The van der Waals surface area contributed by atoms with Gasteiger partial charge in [0, 0.05) is 11.9 Å². The van der Waals surface area contributed by atoms with Gasteiger partial charge in [0.2, 0.25) is 5.78 Å². The third kappa shape index (κ3) is 3.32. The predicted molar refractivity (Wildman–Crippen MR) is 72.4 cm³/mol. The van der Waals surface area contributed by atoms with Crippen LogP contribution in [0.2, 0.25) is 0 Å². The van der Waals surface area contributed by atoms with Crippen LogP contribution in [0.3, 0.4) is 0 Å². The first-order chi connectivity index (χ1) is 8.88. The molecule has 1 aromatic heterocycles. The second-order valence-corrected chi connectivity index (χ2v) is 6.29. The van der Waals surface area contributed by atoms with E-state index in [1.54, 1.807) is 10.9 Å². The van der Waals surface area contributed by atoms with Crippen LogP contribution in [0.5, 0.6) is 0 Å². The van der Waals surface area contributed by atoms with Gasteiger partial charge in [-0.1, -0.05) is 0 Å². The monoisotopic (exact) mass is 282 g/mol. The van der Waals surface area contributed by atoms with Crippen molar-refractivity contribution < 1.29 is 14.3 Å². The molecule has 0 aliphatic carbocycles. The number of Topliss-reactive ketones (excluding diaryl/α,β-unsaturated/α-hetero) is 1. The SMILES string of the molecule is CC(C)(C)OC(=O)N1CCC[C@H]1C(=O)c1cscn1. The van der Waals surface area contributed by atoms with E-state index in [1.807, 2.05) is 20.8 Å². The molecule has 0 bridgehead atoms. The second-order valence-electron chi connectivity index (χ2n) is 5.57. The molecule has 1 atom stereocenters. The number of hydrogen-bond acceptors (Lipinski definition) is 5. The summed E-state index contributed by atoms with van der Waals surface area (Å²) < 4.78 is 5.34. The van der Waals surface area contributed by atoms with Crippen molar-refractivity contribution >= 4 is 23.2 Å². The van der Waals surface area contributed by atoms with Gasteiger partial charge >= 0.3 is 6.09 Å². The fourth-order valence-electron chi connectivity index (χ4n) is 2.08. The molecule has 1 saturated heterocycles. The van der Waals surface area contributed by atoms with E-state index in [-0.39, 0.29) is 5.78 Å². The van der Waals surface area contributed by atoms with Crippen molar-refractivity contribution in [2.24, 2.45) is 0 Å². The topological polar surface area (TPSA) is 59.5 Å². The molecule has 19 heavy (non-hydrogen) atoms. The number of thiazole rings is 1. The van der Waals surface area contributed by atoms with Gasteiger partial charge in [0.1, 0.15) is 17.3 Å². The lowest BCUT2D eigenvalue weighted by atomic mass is 10.1. The lowest BCUT2D eigenvalue weighted by Gasteiger charge is -2.27. The van der Waals surface area contributed by atoms with Crippen LogP contribution in [0.4, 0.5) is 4.79 Å². The van der Waals surface area contributed by atoms with Crippen LogP contribution in [0.25, 0.3) is 0 Å². The molecule has 5 nitrogen and oxygen atoms in total. The summed E-state index contributed by atoms with van der Waals surface area (Å²) in [7, 11) is 0. The molecule has 1 amide bonds. The summed E-state index contributed by atoms with van der Waals surface area (Å²) in [5.41, 5.74) is 1.51. The Bertz CT molecular complexity index is 465. The number of carbonyl (C=O) groups is 2. The van der Waals surface area contributed by atoms with E-state index < -0.39 is 17.7 Å². The van der Waals surface area contributed by atoms with Crippen molar-refractivity contribution in [1.82, 2.24) is 9.88 Å². The Morgan fingerprint density at radius 1 is 1.47 bits per heavy atom. The minimum absolute atomic E-state index is 0.0930. The van der Waals surface area contributed by atoms with Crippen LogP contribution >= 0.6 is 11.3 Å². The molecule has 1 fully saturated rings. The summed E-state index contributed by atoms with van der Waals surface area (Å²) in [4.78, 5) is 29.9. The summed E-state index contributed by atoms with van der Waals surface area (Å²) in [6, 6.07) is -0.433. The summed E-state index contributed by atoms with van der Waals surface area (Å²) in [6.07, 6.45) is 1.08. The Kier molecular flexibility index (Phi) is 3.89. The highest BCUT2D eigenvalue weighted by Gasteiger charge is 2.37. The molecule has 0 unspecified atom stereocenters. The van der Waals surface area contributed by atoms with Gasteiger partial charge in [-0.15, -0.1) is 11.3 Å². The number of nitrogens with zero attached hydrogens (tertiary/aromatic N) is 2. The van der Waals surface area contributed by atoms with E-state index >= 15 is 0 Å². The van der Waals surface area contributed by atoms with E-state index in [9.17, 15) is 9.59 Å². The van der Waals surface area contributed by atoms with Gasteiger partial charge in [-0.2, -0.15) is 0 Å². The van der Waals surface area contributed by atoms with E-state index in [0.717, 1.165) is 6.42 Å². The smallest absolute Gasteiger partial charge is 0.410 e. The second kappa shape index (κ2) is 5.28. The number of likely N-dealkylation sites (tertiary alicyclic amines) is 1. The van der Waals surface area contributed by atoms with E-state index in [2.05, 4.69) is 4.98 Å². The highest BCUT2D eigenvalue weighted by atomic mass is 32.1. The van der Waals surface area contributed by atoms with Gasteiger partial charge in [0.05, 0.1) is 5.51 Å². The number of rotatable bonds is 2. The van der Waals surface area contributed by atoms with Crippen molar-refractivity contribution in [3.8, 4) is 0 Å². The largest absolute Gasteiger partial charge is 0.444 e. The van der Waals surface area contributed by atoms with Crippen LogP contribution in [0.15, 0.2) is 10.9 Å². The maximum Gasteiger partial charge on any atom is 0.410 e. The summed E-state index contributed by atoms with van der Waals surface area (Å²) in [5, 5.41) is 1.72. The zero-order valence-electron chi connectivity index (χ0n) is 11.4. The molecule has 6 heteroatoms. The quantitative estimate of drug-likeness (QED) is 0.783. The van der Waals surface area contributed by atoms with Gasteiger partial charge in [-0.25, -0.2) is 9.78 Å². The third-order valence-corrected chi connectivity index (χ3v) is 3.45. The van der Waals surface area contributed by atoms with Crippen molar-refractivity contribution in [2.75, 3.05) is 6.54 Å². The van der Waals surface area contributed by atoms with E-state index in [4.69, 9.17) is 4.74 Å². The minimum atomic E-state index is -0.548. The third-order valence-electron chi connectivity index (χ3n) is 2.87. The first-order valence-electron chi connectivity index (χ1n) is 6.30. The molecule has 2 heterocycles. The molecule has 2 rings (SSSR count). The Labute approximate surface area is 116 Å². The highest BCUT2D eigenvalue weighted by molar-refractivity contribution is 7.07. The Hall–Kier alpha value is -1.43. The van der Waals surface area contributed by atoms with Crippen molar-refractivity contribution in [1.29, 1.82) is 0 Å². The number of ketones is 1. The van der Waals surface area contributed by atoms with Gasteiger partial charge in [0.15, 0.2) is 0 Å². The Morgan fingerprint density at radius 3 is 2.79 bits per heavy atom. The average Bonchev–Trinajstić information content (AvgIpc) is 2.97. The molecule has 1 aliphatic rings. The molecular formula is C13H18N2O3S. The van der Waals surface area contributed by atoms with Gasteiger partial charge in [-0.3, -0.25) is 9.69 Å². The van der Waals surface area contributed by atoms with E-state index in [1.165, 1.54) is 16.2 Å². The average molecular weight is 282 g/mol. The van der Waals surface area contributed by atoms with Gasteiger partial charge < -0.3 is 4.74 Å².